The summed E-state index contributed by atoms with van der Waals surface area (Å²) >= 11 is 0. The van der Waals surface area contributed by atoms with E-state index in [0.717, 1.165) is 24.2 Å². The fourth-order valence-electron chi connectivity index (χ4n) is 4.53. The molecule has 0 aliphatic heterocycles. The molecule has 0 saturated heterocycles. The molecule has 0 aliphatic rings. The molecule has 4 aromatic rings. The highest BCUT2D eigenvalue weighted by atomic mass is 19.1. The summed E-state index contributed by atoms with van der Waals surface area (Å²) in [6.45, 7) is 3.01. The zero-order chi connectivity index (χ0) is 28.8. The highest BCUT2D eigenvalue weighted by Crippen LogP contribution is 2.32. The fourth-order valence-corrected chi connectivity index (χ4v) is 4.53. The van der Waals surface area contributed by atoms with E-state index in [4.69, 9.17) is 9.73 Å². The maximum atomic E-state index is 13.9. The highest BCUT2D eigenvalue weighted by molar-refractivity contribution is 6.21. The van der Waals surface area contributed by atoms with Crippen LogP contribution in [-0.2, 0) is 20.7 Å². The van der Waals surface area contributed by atoms with Gasteiger partial charge in [-0.15, -0.1) is 0 Å². The van der Waals surface area contributed by atoms with E-state index in [9.17, 15) is 19.1 Å². The zero-order valence-corrected chi connectivity index (χ0v) is 23.1. The first kappa shape index (κ1) is 28.5. The molecule has 0 bridgehead atoms. The standard InChI is InChI=1S/C31H33FN4O4/c1-20(37)36(17-5-16-35(2)3)25-13-11-24(12-14-25)33-30(22-8-6-21(7-9-22)18-28(38)40-4)29-26-15-10-23(32)19-27(26)34-31(29)39/h6-15,19,34,39H,5,16-18H2,1-4H3. The number of fused-ring (bicyclic) bond motifs is 1. The maximum Gasteiger partial charge on any atom is 0.309 e. The van der Waals surface area contributed by atoms with Gasteiger partial charge in [0.2, 0.25) is 5.91 Å². The molecule has 0 saturated carbocycles. The minimum atomic E-state index is -0.429. The van der Waals surface area contributed by atoms with Gasteiger partial charge < -0.3 is 24.6 Å². The first-order chi connectivity index (χ1) is 19.2. The molecule has 0 spiro atoms. The van der Waals surface area contributed by atoms with Gasteiger partial charge in [0.15, 0.2) is 5.88 Å². The molecule has 0 fully saturated rings. The number of aromatic nitrogens is 1. The van der Waals surface area contributed by atoms with Crippen LogP contribution in [0.1, 0.15) is 30.0 Å². The smallest absolute Gasteiger partial charge is 0.309 e. The summed E-state index contributed by atoms with van der Waals surface area (Å²) in [4.78, 5) is 35.6. The number of nitrogens with one attached hydrogen (secondary N) is 1. The van der Waals surface area contributed by atoms with Gasteiger partial charge in [-0.25, -0.2) is 9.38 Å². The van der Waals surface area contributed by atoms with E-state index in [-0.39, 0.29) is 24.2 Å². The lowest BCUT2D eigenvalue weighted by Gasteiger charge is -2.22. The third kappa shape index (κ3) is 6.73. The number of ether oxygens (including phenoxy) is 1. The molecule has 208 valence electrons. The molecule has 0 unspecified atom stereocenters. The first-order valence-electron chi connectivity index (χ1n) is 12.9. The second kappa shape index (κ2) is 12.6. The van der Waals surface area contributed by atoms with Crippen LogP contribution < -0.4 is 4.90 Å². The number of nitrogens with zero attached hydrogens (tertiary/aromatic N) is 3. The Morgan fingerprint density at radius 1 is 1.00 bits per heavy atom. The average molecular weight is 545 g/mol. The van der Waals surface area contributed by atoms with Gasteiger partial charge in [0.1, 0.15) is 5.82 Å². The lowest BCUT2D eigenvalue weighted by molar-refractivity contribution is -0.139. The van der Waals surface area contributed by atoms with Crippen LogP contribution in [0.4, 0.5) is 15.8 Å². The number of benzene rings is 3. The summed E-state index contributed by atoms with van der Waals surface area (Å²) in [5.74, 6) is -0.960. The van der Waals surface area contributed by atoms with E-state index >= 15 is 0 Å². The molecule has 8 nitrogen and oxygen atoms in total. The van der Waals surface area contributed by atoms with Gasteiger partial charge in [-0.2, -0.15) is 0 Å². The van der Waals surface area contributed by atoms with Gasteiger partial charge in [0.05, 0.1) is 36.0 Å². The largest absolute Gasteiger partial charge is 0.494 e. The predicted octanol–water partition coefficient (Wildman–Crippen LogP) is 5.20. The summed E-state index contributed by atoms with van der Waals surface area (Å²) in [5, 5.41) is 11.5. The van der Waals surface area contributed by atoms with E-state index in [1.807, 2.05) is 50.5 Å². The lowest BCUT2D eigenvalue weighted by Crippen LogP contribution is -2.31. The van der Waals surface area contributed by atoms with Crippen LogP contribution in [0.3, 0.4) is 0 Å². The number of hydrogen-bond donors (Lipinski definition) is 2. The number of anilines is 1. The van der Waals surface area contributed by atoms with Crippen LogP contribution in [-0.4, -0.2) is 66.9 Å². The Morgan fingerprint density at radius 3 is 2.33 bits per heavy atom. The number of H-pyrrole nitrogens is 1. The summed E-state index contributed by atoms with van der Waals surface area (Å²) in [7, 11) is 5.34. The van der Waals surface area contributed by atoms with Crippen LogP contribution >= 0.6 is 0 Å². The van der Waals surface area contributed by atoms with E-state index in [1.165, 1.54) is 19.2 Å². The average Bonchev–Trinajstić information content (AvgIpc) is 3.24. The molecule has 1 aromatic heterocycles. The van der Waals surface area contributed by atoms with Crippen LogP contribution in [0, 0.1) is 5.82 Å². The number of halogens is 1. The molecule has 3 aromatic carbocycles. The monoisotopic (exact) mass is 544 g/mol. The maximum absolute atomic E-state index is 13.9. The molecule has 0 aliphatic carbocycles. The van der Waals surface area contributed by atoms with Gasteiger partial charge in [-0.05, 0) is 75.1 Å². The topological polar surface area (TPSA) is 98.2 Å². The molecule has 9 heteroatoms. The number of esters is 1. The molecule has 40 heavy (non-hydrogen) atoms. The minimum absolute atomic E-state index is 0.0429. The number of rotatable bonds is 10. The number of carbonyl (C=O) groups is 2. The van der Waals surface area contributed by atoms with Crippen LogP contribution in [0.25, 0.3) is 10.9 Å². The van der Waals surface area contributed by atoms with E-state index in [2.05, 4.69) is 9.88 Å². The Balaban J connectivity index is 1.74. The van der Waals surface area contributed by atoms with Crippen molar-refractivity contribution in [1.29, 1.82) is 0 Å². The van der Waals surface area contributed by atoms with Crippen LogP contribution in [0.2, 0.25) is 0 Å². The number of methoxy groups -OCH3 is 1. The summed E-state index contributed by atoms with van der Waals surface area (Å²) in [6, 6.07) is 18.8. The Kier molecular flexibility index (Phi) is 8.96. The Bertz CT molecular complexity index is 1530. The van der Waals surface area contributed by atoms with Crippen molar-refractivity contribution in [2.45, 2.75) is 19.8 Å². The summed E-state index contributed by atoms with van der Waals surface area (Å²) < 4.78 is 18.7. The van der Waals surface area contributed by atoms with Gasteiger partial charge >= 0.3 is 5.97 Å². The summed E-state index contributed by atoms with van der Waals surface area (Å²) in [5.41, 5.74) is 4.15. The van der Waals surface area contributed by atoms with Gasteiger partial charge in [0.25, 0.3) is 0 Å². The second-order valence-electron chi connectivity index (χ2n) is 9.79. The number of hydrogen-bond acceptors (Lipinski definition) is 6. The van der Waals surface area contributed by atoms with E-state index < -0.39 is 5.82 Å². The number of amides is 1. The van der Waals surface area contributed by atoms with Crippen molar-refractivity contribution in [3.63, 3.8) is 0 Å². The van der Waals surface area contributed by atoms with Crippen molar-refractivity contribution in [3.8, 4) is 5.88 Å². The summed E-state index contributed by atoms with van der Waals surface area (Å²) in [6.07, 6.45) is 0.965. The zero-order valence-electron chi connectivity index (χ0n) is 23.1. The van der Waals surface area contributed by atoms with Crippen molar-refractivity contribution >= 4 is 39.9 Å². The normalized spacial score (nSPS) is 11.7. The van der Waals surface area contributed by atoms with Crippen LogP contribution in [0.5, 0.6) is 5.88 Å². The molecular weight excluding hydrogens is 511 g/mol. The molecule has 2 N–H and O–H groups in total. The molecule has 1 heterocycles. The number of carbonyl (C=O) groups excluding carboxylic acids is 2. The highest BCUT2D eigenvalue weighted by Gasteiger charge is 2.20. The second-order valence-corrected chi connectivity index (χ2v) is 9.79. The van der Waals surface area contributed by atoms with Crippen molar-refractivity contribution in [1.82, 2.24) is 9.88 Å². The van der Waals surface area contributed by atoms with Crippen LogP contribution in [0.15, 0.2) is 71.7 Å². The number of aromatic amines is 1. The lowest BCUT2D eigenvalue weighted by atomic mass is 9.99. The van der Waals surface area contributed by atoms with Gasteiger partial charge in [0, 0.05) is 30.1 Å². The number of aliphatic imine (C=N–C) groups is 1. The third-order valence-electron chi connectivity index (χ3n) is 6.55. The first-order valence-corrected chi connectivity index (χ1v) is 12.9. The third-order valence-corrected chi connectivity index (χ3v) is 6.55. The van der Waals surface area contributed by atoms with E-state index in [0.29, 0.717) is 40.0 Å². The Morgan fingerprint density at radius 2 is 1.70 bits per heavy atom. The van der Waals surface area contributed by atoms with E-state index in [1.54, 1.807) is 30.0 Å². The van der Waals surface area contributed by atoms with Crippen molar-refractivity contribution in [3.05, 3.63) is 89.2 Å². The Labute approximate surface area is 232 Å². The quantitative estimate of drug-likeness (QED) is 0.211. The van der Waals surface area contributed by atoms with Gasteiger partial charge in [-0.3, -0.25) is 9.59 Å². The van der Waals surface area contributed by atoms with Crippen molar-refractivity contribution in [2.75, 3.05) is 39.2 Å². The molecular formula is C31H33FN4O4. The molecule has 4 rings (SSSR count). The van der Waals surface area contributed by atoms with Crippen molar-refractivity contribution < 1.29 is 23.8 Å². The predicted molar refractivity (Wildman–Crippen MR) is 155 cm³/mol. The molecule has 0 atom stereocenters. The van der Waals surface area contributed by atoms with Crippen molar-refractivity contribution in [2.24, 2.45) is 4.99 Å². The molecule has 1 amide bonds. The fraction of sp³-hybridized carbons (Fsp3) is 0.258. The Hall–Kier alpha value is -4.50. The SMILES string of the molecule is COC(=O)Cc1ccc(C(=Nc2ccc(N(CCCN(C)C)C(C)=O)cc2)c2c(O)[nH]c3cc(F)ccc23)cc1. The number of aromatic hydroxyl groups is 1. The van der Waals surface area contributed by atoms with Gasteiger partial charge in [-0.1, -0.05) is 24.3 Å². The minimum Gasteiger partial charge on any atom is -0.494 e. The molecule has 0 radical (unpaired) electrons.